The van der Waals surface area contributed by atoms with Crippen LogP contribution < -0.4 is 10.6 Å². The van der Waals surface area contributed by atoms with Gasteiger partial charge in [-0.2, -0.15) is 5.10 Å². The number of hydrogen-bond acceptors (Lipinski definition) is 3. The molecule has 0 radical (unpaired) electrons. The minimum atomic E-state index is 0. The molecule has 1 aliphatic carbocycles. The van der Waals surface area contributed by atoms with Gasteiger partial charge < -0.3 is 15.5 Å². The Hall–Kier alpha value is -2.10. The molecule has 7 nitrogen and oxygen atoms in total. The molecule has 2 fully saturated rings. The summed E-state index contributed by atoms with van der Waals surface area (Å²) in [6.07, 6.45) is 5.48. The number of aromatic nitrogens is 2. The number of likely N-dealkylation sites (tertiary alicyclic amines) is 1. The summed E-state index contributed by atoms with van der Waals surface area (Å²) < 4.78 is 1.99. The van der Waals surface area contributed by atoms with Crippen LogP contribution in [0.15, 0.2) is 35.3 Å². The highest BCUT2D eigenvalue weighted by Crippen LogP contribution is 2.27. The summed E-state index contributed by atoms with van der Waals surface area (Å²) in [5.41, 5.74) is 4.38. The Morgan fingerprint density at radius 2 is 1.88 bits per heavy atom. The Bertz CT molecular complexity index is 935. The molecule has 1 aromatic heterocycles. The number of aryl methyl sites for hydroxylation is 1. The summed E-state index contributed by atoms with van der Waals surface area (Å²) in [5, 5.41) is 11.7. The molecule has 0 spiro atoms. The van der Waals surface area contributed by atoms with E-state index in [0.717, 1.165) is 55.4 Å². The first kappa shape index (κ1) is 24.5. The van der Waals surface area contributed by atoms with Gasteiger partial charge in [-0.3, -0.25) is 9.79 Å². The molecule has 32 heavy (non-hydrogen) atoms. The number of para-hydroxylation sites is 1. The molecular weight excluding hydrogens is 515 g/mol. The number of halogens is 1. The highest BCUT2D eigenvalue weighted by atomic mass is 127. The number of nitrogens with one attached hydrogen (secondary N) is 2. The maximum atomic E-state index is 12.7. The molecule has 2 N–H and O–H groups in total. The van der Waals surface area contributed by atoms with Crippen LogP contribution in [0.2, 0.25) is 0 Å². The lowest BCUT2D eigenvalue weighted by molar-refractivity contribution is -0.134. The molecule has 2 heterocycles. The van der Waals surface area contributed by atoms with Crippen LogP contribution >= 0.6 is 24.0 Å². The number of guanidine groups is 1. The third-order valence-electron chi connectivity index (χ3n) is 6.64. The number of hydrogen-bond donors (Lipinski definition) is 2. The van der Waals surface area contributed by atoms with Crippen molar-refractivity contribution >= 4 is 35.8 Å². The van der Waals surface area contributed by atoms with Crippen LogP contribution in [0.3, 0.4) is 0 Å². The van der Waals surface area contributed by atoms with E-state index in [9.17, 15) is 4.79 Å². The lowest BCUT2D eigenvalue weighted by atomic mass is 10.1. The normalized spacial score (nSPS) is 19.2. The summed E-state index contributed by atoms with van der Waals surface area (Å²) in [6.45, 7) is 6.40. The second kappa shape index (κ2) is 11.2. The van der Waals surface area contributed by atoms with Gasteiger partial charge in [-0.15, -0.1) is 24.0 Å². The first-order valence-electron chi connectivity index (χ1n) is 11.4. The van der Waals surface area contributed by atoms with E-state index in [2.05, 4.69) is 34.7 Å². The zero-order valence-corrected chi connectivity index (χ0v) is 21.6. The van der Waals surface area contributed by atoms with Crippen molar-refractivity contribution in [1.29, 1.82) is 0 Å². The van der Waals surface area contributed by atoms with Crippen LogP contribution in [0.4, 0.5) is 0 Å². The van der Waals surface area contributed by atoms with Crippen molar-refractivity contribution in [1.82, 2.24) is 25.3 Å². The average molecular weight is 550 g/mol. The van der Waals surface area contributed by atoms with Gasteiger partial charge >= 0.3 is 0 Å². The van der Waals surface area contributed by atoms with Gasteiger partial charge in [0.05, 0.1) is 11.4 Å². The fourth-order valence-corrected chi connectivity index (χ4v) is 4.82. The van der Waals surface area contributed by atoms with Gasteiger partial charge in [0, 0.05) is 49.9 Å². The van der Waals surface area contributed by atoms with Crippen molar-refractivity contribution in [2.24, 2.45) is 10.9 Å². The standard InChI is InChI=1S/C24H34N6O.HI/c1-17-22(18(2)30(28-17)21-11-5-4-6-12-21)15-26-24(25-3)27-20-13-14-29(16-20)23(31)19-9-7-8-10-19;/h4-6,11-12,19-20H,7-10,13-16H2,1-3H3,(H2,25,26,27);1H. The molecule has 174 valence electrons. The first-order valence-corrected chi connectivity index (χ1v) is 11.4. The Balaban J connectivity index is 0.00000289. The number of benzene rings is 1. The van der Waals surface area contributed by atoms with Crippen LogP contribution in [0.25, 0.3) is 5.69 Å². The summed E-state index contributed by atoms with van der Waals surface area (Å²) in [5.74, 6) is 1.37. The summed E-state index contributed by atoms with van der Waals surface area (Å²) in [6, 6.07) is 10.4. The van der Waals surface area contributed by atoms with E-state index >= 15 is 0 Å². The first-order chi connectivity index (χ1) is 15.1. The van der Waals surface area contributed by atoms with E-state index in [1.165, 1.54) is 18.4 Å². The van der Waals surface area contributed by atoms with Crippen LogP contribution in [0.1, 0.15) is 49.1 Å². The molecule has 1 unspecified atom stereocenters. The van der Waals surface area contributed by atoms with Crippen LogP contribution in [-0.2, 0) is 11.3 Å². The van der Waals surface area contributed by atoms with Crippen molar-refractivity contribution in [2.45, 2.75) is 58.5 Å². The second-order valence-electron chi connectivity index (χ2n) is 8.72. The van der Waals surface area contributed by atoms with Gasteiger partial charge in [0.1, 0.15) is 0 Å². The largest absolute Gasteiger partial charge is 0.352 e. The molecule has 1 saturated carbocycles. The highest BCUT2D eigenvalue weighted by Gasteiger charge is 2.32. The SMILES string of the molecule is CN=C(NCc1c(C)nn(-c2ccccc2)c1C)NC1CCN(C(=O)C2CCCC2)C1.I. The van der Waals surface area contributed by atoms with Crippen LogP contribution in [0, 0.1) is 19.8 Å². The molecule has 2 aliphatic rings. The van der Waals surface area contributed by atoms with Crippen molar-refractivity contribution in [2.75, 3.05) is 20.1 Å². The molecule has 1 aromatic carbocycles. The van der Waals surface area contributed by atoms with Gasteiger partial charge in [0.25, 0.3) is 0 Å². The van der Waals surface area contributed by atoms with Crippen molar-refractivity contribution < 1.29 is 4.79 Å². The Morgan fingerprint density at radius 3 is 2.56 bits per heavy atom. The zero-order valence-electron chi connectivity index (χ0n) is 19.3. The third kappa shape index (κ3) is 5.44. The van der Waals surface area contributed by atoms with Gasteiger partial charge in [0.15, 0.2) is 5.96 Å². The van der Waals surface area contributed by atoms with E-state index in [0.29, 0.717) is 12.5 Å². The highest BCUT2D eigenvalue weighted by molar-refractivity contribution is 14.0. The topological polar surface area (TPSA) is 74.6 Å². The Morgan fingerprint density at radius 1 is 1.16 bits per heavy atom. The molecule has 1 saturated heterocycles. The number of carbonyl (C=O) groups excluding carboxylic acids is 1. The van der Waals surface area contributed by atoms with Gasteiger partial charge in [-0.1, -0.05) is 31.0 Å². The summed E-state index contributed by atoms with van der Waals surface area (Å²) in [4.78, 5) is 19.1. The summed E-state index contributed by atoms with van der Waals surface area (Å²) >= 11 is 0. The zero-order chi connectivity index (χ0) is 21.8. The van der Waals surface area contributed by atoms with E-state index in [4.69, 9.17) is 5.10 Å². The number of rotatable bonds is 5. The van der Waals surface area contributed by atoms with Crippen molar-refractivity contribution in [3.8, 4) is 5.69 Å². The molecule has 1 amide bonds. The van der Waals surface area contributed by atoms with Crippen molar-refractivity contribution in [3.05, 3.63) is 47.3 Å². The van der Waals surface area contributed by atoms with Gasteiger partial charge in [0.2, 0.25) is 5.91 Å². The van der Waals surface area contributed by atoms with Gasteiger partial charge in [-0.25, -0.2) is 4.68 Å². The molecule has 2 aromatic rings. The van der Waals surface area contributed by atoms with E-state index in [1.807, 2.05) is 34.7 Å². The maximum Gasteiger partial charge on any atom is 0.225 e. The second-order valence-corrected chi connectivity index (χ2v) is 8.72. The smallest absolute Gasteiger partial charge is 0.225 e. The molecule has 1 aliphatic heterocycles. The third-order valence-corrected chi connectivity index (χ3v) is 6.64. The lowest BCUT2D eigenvalue weighted by Gasteiger charge is -2.21. The fourth-order valence-electron chi connectivity index (χ4n) is 4.82. The molecular formula is C24H35IN6O. The number of carbonyl (C=O) groups is 1. The van der Waals surface area contributed by atoms with E-state index < -0.39 is 0 Å². The number of nitrogens with zero attached hydrogens (tertiary/aromatic N) is 4. The maximum absolute atomic E-state index is 12.7. The van der Waals surface area contributed by atoms with E-state index in [-0.39, 0.29) is 35.9 Å². The van der Waals surface area contributed by atoms with Crippen LogP contribution in [-0.4, -0.2) is 52.7 Å². The predicted octanol–water partition coefficient (Wildman–Crippen LogP) is 3.56. The molecule has 8 heteroatoms. The molecule has 4 rings (SSSR count). The minimum Gasteiger partial charge on any atom is -0.352 e. The molecule has 0 bridgehead atoms. The monoisotopic (exact) mass is 550 g/mol. The molecule has 1 atom stereocenters. The minimum absolute atomic E-state index is 0. The quantitative estimate of drug-likeness (QED) is 0.339. The Labute approximate surface area is 208 Å². The lowest BCUT2D eigenvalue weighted by Crippen LogP contribution is -2.45. The van der Waals surface area contributed by atoms with Gasteiger partial charge in [-0.05, 0) is 45.2 Å². The number of aliphatic imine (C=N–C) groups is 1. The Kier molecular flexibility index (Phi) is 8.56. The predicted molar refractivity (Wildman–Crippen MR) is 139 cm³/mol. The van der Waals surface area contributed by atoms with Crippen molar-refractivity contribution in [3.63, 3.8) is 0 Å². The summed E-state index contributed by atoms with van der Waals surface area (Å²) in [7, 11) is 1.79. The van der Waals surface area contributed by atoms with Crippen LogP contribution in [0.5, 0.6) is 0 Å². The number of amides is 1. The average Bonchev–Trinajstić information content (AvgIpc) is 3.53. The fraction of sp³-hybridized carbons (Fsp3) is 0.542. The van der Waals surface area contributed by atoms with E-state index in [1.54, 1.807) is 7.05 Å².